The smallest absolute Gasteiger partial charge is 0.338 e. The molecule has 3 aromatic heterocycles. The molecule has 216 valence electrons. The minimum absolute atomic E-state index is 0.129. The van der Waals surface area contributed by atoms with Gasteiger partial charge in [-0.25, -0.2) is 14.8 Å². The molecule has 15 heteroatoms. The van der Waals surface area contributed by atoms with Crippen LogP contribution in [0.3, 0.4) is 0 Å². The molecular weight excluding hydrogens is 541 g/mol. The van der Waals surface area contributed by atoms with E-state index in [1.165, 1.54) is 23.0 Å². The molecule has 1 aliphatic rings. The Labute approximate surface area is 232 Å². The zero-order valence-corrected chi connectivity index (χ0v) is 22.2. The Morgan fingerprint density at radius 3 is 2.56 bits per heavy atom. The summed E-state index contributed by atoms with van der Waals surface area (Å²) in [5, 5.41) is 11.6. The van der Waals surface area contributed by atoms with E-state index < -0.39 is 11.9 Å². The van der Waals surface area contributed by atoms with Crippen LogP contribution in [0.1, 0.15) is 28.0 Å². The lowest BCUT2D eigenvalue weighted by molar-refractivity contribution is -0.140. The molecule has 0 saturated carbocycles. The molecule has 0 bridgehead atoms. The first-order chi connectivity index (χ1) is 19.7. The molecule has 1 saturated heterocycles. The largest absolute Gasteiger partial charge is 0.433 e. The van der Waals surface area contributed by atoms with Gasteiger partial charge < -0.3 is 26.2 Å². The van der Waals surface area contributed by atoms with Gasteiger partial charge in [-0.15, -0.1) is 0 Å². The number of H-pyrrole nitrogens is 1. The van der Waals surface area contributed by atoms with E-state index in [-0.39, 0.29) is 23.2 Å². The van der Waals surface area contributed by atoms with E-state index in [0.29, 0.717) is 68.4 Å². The van der Waals surface area contributed by atoms with Crippen molar-refractivity contribution in [2.24, 2.45) is 5.73 Å². The monoisotopic (exact) mass is 570 g/mol. The molecule has 0 atom stereocenters. The average Bonchev–Trinajstić information content (AvgIpc) is 3.61. The van der Waals surface area contributed by atoms with Crippen LogP contribution < -0.4 is 16.4 Å². The lowest BCUT2D eigenvalue weighted by Gasteiger charge is -2.35. The molecule has 12 nitrogen and oxygen atoms in total. The summed E-state index contributed by atoms with van der Waals surface area (Å²) in [5.41, 5.74) is 6.78. The van der Waals surface area contributed by atoms with E-state index >= 15 is 0 Å². The molecule has 5 rings (SSSR count). The quantitative estimate of drug-likeness (QED) is 0.250. The molecule has 0 aliphatic carbocycles. The van der Waals surface area contributed by atoms with Crippen molar-refractivity contribution in [3.05, 3.63) is 59.8 Å². The van der Waals surface area contributed by atoms with Gasteiger partial charge in [0.15, 0.2) is 11.5 Å². The van der Waals surface area contributed by atoms with E-state index in [4.69, 9.17) is 5.73 Å². The normalized spacial score (nSPS) is 14.0. The number of hydrogen-bond acceptors (Lipinski definition) is 7. The van der Waals surface area contributed by atoms with Crippen molar-refractivity contribution in [2.75, 3.05) is 44.6 Å². The maximum absolute atomic E-state index is 13.4. The van der Waals surface area contributed by atoms with Crippen LogP contribution in [0.2, 0.25) is 0 Å². The number of hydrogen-bond donors (Lipinski definition) is 4. The number of anilines is 2. The molecule has 5 N–H and O–H groups in total. The lowest BCUT2D eigenvalue weighted by Crippen LogP contribution is -2.53. The number of carbonyl (C=O) groups is 2. The number of nitrogens with two attached hydrogens (primary N) is 1. The maximum Gasteiger partial charge on any atom is 0.433 e. The van der Waals surface area contributed by atoms with Crippen molar-refractivity contribution in [2.45, 2.75) is 19.5 Å². The van der Waals surface area contributed by atoms with Crippen LogP contribution in [-0.2, 0) is 6.18 Å². The SMILES string of the molecule is Cc1cc(Nc2nccn3c(-c4cn[nH]c4C(F)(F)F)cnc23)ccc1C(=O)N1CCN(C(=O)NCCCN)CC1. The summed E-state index contributed by atoms with van der Waals surface area (Å²) in [5.74, 6) is 0.200. The number of halogens is 3. The number of amides is 3. The average molecular weight is 571 g/mol. The first-order valence-electron chi connectivity index (χ1n) is 13.0. The maximum atomic E-state index is 13.4. The fourth-order valence-electron chi connectivity index (χ4n) is 4.71. The van der Waals surface area contributed by atoms with Gasteiger partial charge in [0, 0.05) is 56.4 Å². The number of aryl methyl sites for hydroxylation is 1. The van der Waals surface area contributed by atoms with E-state index in [0.717, 1.165) is 11.8 Å². The number of urea groups is 1. The van der Waals surface area contributed by atoms with Crippen molar-refractivity contribution in [1.29, 1.82) is 0 Å². The number of aromatic nitrogens is 5. The summed E-state index contributed by atoms with van der Waals surface area (Å²) in [6.45, 7) is 4.55. The Hall–Kier alpha value is -4.66. The van der Waals surface area contributed by atoms with Gasteiger partial charge in [-0.3, -0.25) is 14.3 Å². The summed E-state index contributed by atoms with van der Waals surface area (Å²) < 4.78 is 41.7. The van der Waals surface area contributed by atoms with Gasteiger partial charge in [0.05, 0.1) is 23.7 Å². The third kappa shape index (κ3) is 5.79. The minimum Gasteiger partial charge on any atom is -0.338 e. The van der Waals surface area contributed by atoms with Crippen LogP contribution in [0.15, 0.2) is 43.0 Å². The lowest BCUT2D eigenvalue weighted by atomic mass is 10.1. The van der Waals surface area contributed by atoms with E-state index in [1.54, 1.807) is 28.0 Å². The summed E-state index contributed by atoms with van der Waals surface area (Å²) in [7, 11) is 0. The first-order valence-corrected chi connectivity index (χ1v) is 13.0. The molecule has 3 amide bonds. The molecule has 4 heterocycles. The fraction of sp³-hybridized carbons (Fsp3) is 0.346. The number of rotatable bonds is 7. The summed E-state index contributed by atoms with van der Waals surface area (Å²) >= 11 is 0. The van der Waals surface area contributed by atoms with Crippen LogP contribution >= 0.6 is 0 Å². The van der Waals surface area contributed by atoms with Crippen LogP contribution in [0.4, 0.5) is 29.5 Å². The van der Waals surface area contributed by atoms with E-state index in [9.17, 15) is 22.8 Å². The number of benzene rings is 1. The number of nitrogens with one attached hydrogen (secondary N) is 3. The van der Waals surface area contributed by atoms with Gasteiger partial charge in [0.1, 0.15) is 5.69 Å². The number of imidazole rings is 1. The van der Waals surface area contributed by atoms with Crippen molar-refractivity contribution < 1.29 is 22.8 Å². The second kappa shape index (κ2) is 11.4. The van der Waals surface area contributed by atoms with Crippen LogP contribution in [0, 0.1) is 6.92 Å². The highest BCUT2D eigenvalue weighted by Gasteiger charge is 2.36. The van der Waals surface area contributed by atoms with E-state index in [2.05, 4.69) is 25.7 Å². The highest BCUT2D eigenvalue weighted by Crippen LogP contribution is 2.36. The van der Waals surface area contributed by atoms with Crippen LogP contribution in [0.25, 0.3) is 16.9 Å². The third-order valence-corrected chi connectivity index (χ3v) is 6.86. The molecule has 1 aliphatic heterocycles. The van der Waals surface area contributed by atoms with Gasteiger partial charge >= 0.3 is 12.2 Å². The molecule has 4 aromatic rings. The van der Waals surface area contributed by atoms with Gasteiger partial charge in [-0.05, 0) is 43.7 Å². The Kier molecular flexibility index (Phi) is 7.79. The van der Waals surface area contributed by atoms with Gasteiger partial charge in [-0.2, -0.15) is 18.3 Å². The second-order valence-electron chi connectivity index (χ2n) is 9.58. The molecule has 0 radical (unpaired) electrons. The van der Waals surface area contributed by atoms with Crippen LogP contribution in [-0.4, -0.2) is 85.6 Å². The Balaban J connectivity index is 1.28. The van der Waals surface area contributed by atoms with Gasteiger partial charge in [0.25, 0.3) is 5.91 Å². The Morgan fingerprint density at radius 2 is 1.85 bits per heavy atom. The predicted octanol–water partition coefficient (Wildman–Crippen LogP) is 3.01. The van der Waals surface area contributed by atoms with Gasteiger partial charge in [0.2, 0.25) is 0 Å². The molecule has 0 spiro atoms. The highest BCUT2D eigenvalue weighted by atomic mass is 19.4. The number of aromatic amines is 1. The number of piperazine rings is 1. The minimum atomic E-state index is -4.60. The summed E-state index contributed by atoms with van der Waals surface area (Å²) in [6.07, 6.45) is 1.52. The highest BCUT2D eigenvalue weighted by molar-refractivity contribution is 5.96. The molecular formula is C26H29F3N10O2. The van der Waals surface area contributed by atoms with Gasteiger partial charge in [-0.1, -0.05) is 0 Å². The first kappa shape index (κ1) is 27.9. The zero-order chi connectivity index (χ0) is 29.1. The van der Waals surface area contributed by atoms with Crippen molar-refractivity contribution in [3.63, 3.8) is 0 Å². The van der Waals surface area contributed by atoms with Crippen molar-refractivity contribution in [1.82, 2.24) is 39.7 Å². The number of fused-ring (bicyclic) bond motifs is 1. The summed E-state index contributed by atoms with van der Waals surface area (Å²) in [4.78, 5) is 37.5. The van der Waals surface area contributed by atoms with Crippen molar-refractivity contribution in [3.8, 4) is 11.3 Å². The van der Waals surface area contributed by atoms with Crippen molar-refractivity contribution >= 4 is 29.1 Å². The predicted molar refractivity (Wildman–Crippen MR) is 145 cm³/mol. The Morgan fingerprint density at radius 1 is 1.10 bits per heavy atom. The fourth-order valence-corrected chi connectivity index (χ4v) is 4.71. The zero-order valence-electron chi connectivity index (χ0n) is 22.2. The number of alkyl halides is 3. The standard InChI is InChI=1S/C26H29F3N10O2/c1-16-13-17(3-4-18(16)24(40)37-9-11-38(12-10-37)25(41)32-6-2-5-30)35-22-23-33-15-20(39(23)8-7-31-22)19-14-34-36-21(19)26(27,28)29/h3-4,7-8,13-15H,2,5-6,9-12,30H2,1H3,(H,31,35)(H,32,41)(H,34,36). The molecule has 41 heavy (non-hydrogen) atoms. The molecule has 0 unspecified atom stereocenters. The van der Waals surface area contributed by atoms with Crippen LogP contribution in [0.5, 0.6) is 0 Å². The topological polar surface area (TPSA) is 150 Å². The van der Waals surface area contributed by atoms with E-state index in [1.807, 2.05) is 12.0 Å². The third-order valence-electron chi connectivity index (χ3n) is 6.86. The number of carbonyl (C=O) groups excluding carboxylic acids is 2. The summed E-state index contributed by atoms with van der Waals surface area (Å²) in [6, 6.07) is 5.08. The molecule has 1 aromatic carbocycles. The molecule has 1 fully saturated rings. The second-order valence-corrected chi connectivity index (χ2v) is 9.58. The Bertz CT molecular complexity index is 1560. The number of nitrogens with zero attached hydrogens (tertiary/aromatic N) is 6.